The molecule has 1 aromatic heterocycles. The first-order valence-electron chi connectivity index (χ1n) is 5.08. The third-order valence-corrected chi connectivity index (χ3v) is 2.80. The summed E-state index contributed by atoms with van der Waals surface area (Å²) in [5.74, 6) is 1.28. The molecule has 0 atom stereocenters. The van der Waals surface area contributed by atoms with Crippen LogP contribution in [0.2, 0.25) is 0 Å². The van der Waals surface area contributed by atoms with Crippen LogP contribution in [0.1, 0.15) is 30.1 Å². The summed E-state index contributed by atoms with van der Waals surface area (Å²) in [6.45, 7) is 4.10. The highest BCUT2D eigenvalue weighted by Crippen LogP contribution is 2.19. The molecule has 2 rings (SSSR count). The lowest BCUT2D eigenvalue weighted by Gasteiger charge is -2.00. The molecule has 2 N–H and O–H groups in total. The van der Waals surface area contributed by atoms with Crippen LogP contribution >= 0.6 is 0 Å². The van der Waals surface area contributed by atoms with E-state index >= 15 is 0 Å². The zero-order valence-corrected chi connectivity index (χ0v) is 8.21. The van der Waals surface area contributed by atoms with Crippen LogP contribution < -0.4 is 5.73 Å². The van der Waals surface area contributed by atoms with Crippen LogP contribution in [0, 0.1) is 6.92 Å². The van der Waals surface area contributed by atoms with Crippen molar-refractivity contribution in [3.63, 3.8) is 0 Å². The molecule has 0 amide bonds. The van der Waals surface area contributed by atoms with Gasteiger partial charge in [0.25, 0.3) is 0 Å². The SMILES string of the molecule is Cc1c(CCCN)nc2n1CCC2. The van der Waals surface area contributed by atoms with Crippen molar-refractivity contribution in [1.82, 2.24) is 9.55 Å². The monoisotopic (exact) mass is 179 g/mol. The van der Waals surface area contributed by atoms with Crippen molar-refractivity contribution in [1.29, 1.82) is 0 Å². The second-order valence-electron chi connectivity index (χ2n) is 3.71. The predicted molar refractivity (Wildman–Crippen MR) is 52.7 cm³/mol. The third kappa shape index (κ3) is 1.48. The van der Waals surface area contributed by atoms with Gasteiger partial charge in [-0.2, -0.15) is 0 Å². The Kier molecular flexibility index (Phi) is 2.36. The molecule has 3 nitrogen and oxygen atoms in total. The Bertz CT molecular complexity index is 301. The van der Waals surface area contributed by atoms with Crippen LogP contribution in [0.4, 0.5) is 0 Å². The molecular formula is C10H17N3. The lowest BCUT2D eigenvalue weighted by molar-refractivity contribution is 0.718. The first-order valence-corrected chi connectivity index (χ1v) is 5.08. The quantitative estimate of drug-likeness (QED) is 0.753. The Morgan fingerprint density at radius 1 is 1.54 bits per heavy atom. The summed E-state index contributed by atoms with van der Waals surface area (Å²) in [5, 5.41) is 0. The number of aryl methyl sites for hydroxylation is 2. The minimum atomic E-state index is 0.766. The average Bonchev–Trinajstić information content (AvgIpc) is 2.67. The Morgan fingerprint density at radius 3 is 3.08 bits per heavy atom. The lowest BCUT2D eigenvalue weighted by Crippen LogP contribution is -2.02. The van der Waals surface area contributed by atoms with Gasteiger partial charge in [0.05, 0.1) is 5.69 Å². The summed E-state index contributed by atoms with van der Waals surface area (Å²) in [5.41, 5.74) is 8.11. The molecule has 0 saturated carbocycles. The highest BCUT2D eigenvalue weighted by Gasteiger charge is 2.17. The molecule has 1 aromatic rings. The third-order valence-electron chi connectivity index (χ3n) is 2.80. The Labute approximate surface area is 79.0 Å². The number of hydrogen-bond acceptors (Lipinski definition) is 2. The van der Waals surface area contributed by atoms with Crippen molar-refractivity contribution >= 4 is 0 Å². The number of fused-ring (bicyclic) bond motifs is 1. The van der Waals surface area contributed by atoms with E-state index < -0.39 is 0 Å². The van der Waals surface area contributed by atoms with E-state index in [2.05, 4.69) is 16.5 Å². The van der Waals surface area contributed by atoms with Gasteiger partial charge in [-0.25, -0.2) is 4.98 Å². The molecule has 72 valence electrons. The molecule has 0 saturated heterocycles. The maximum absolute atomic E-state index is 5.48. The molecule has 0 aromatic carbocycles. The highest BCUT2D eigenvalue weighted by atomic mass is 15.1. The normalized spacial score (nSPS) is 14.9. The van der Waals surface area contributed by atoms with Gasteiger partial charge in [0.1, 0.15) is 5.82 Å². The molecule has 0 fully saturated rings. The molecule has 1 aliphatic heterocycles. The second kappa shape index (κ2) is 3.50. The molecule has 3 heteroatoms. The zero-order valence-electron chi connectivity index (χ0n) is 8.21. The van der Waals surface area contributed by atoms with Gasteiger partial charge in [-0.1, -0.05) is 0 Å². The minimum Gasteiger partial charge on any atom is -0.332 e. The van der Waals surface area contributed by atoms with Gasteiger partial charge in [-0.3, -0.25) is 0 Å². The van der Waals surface area contributed by atoms with Crippen molar-refractivity contribution in [2.75, 3.05) is 6.54 Å². The van der Waals surface area contributed by atoms with Gasteiger partial charge >= 0.3 is 0 Å². The van der Waals surface area contributed by atoms with Crippen LogP contribution in [0.15, 0.2) is 0 Å². The lowest BCUT2D eigenvalue weighted by atomic mass is 10.2. The summed E-state index contributed by atoms with van der Waals surface area (Å²) in [7, 11) is 0. The smallest absolute Gasteiger partial charge is 0.109 e. The number of rotatable bonds is 3. The van der Waals surface area contributed by atoms with Gasteiger partial charge in [0.2, 0.25) is 0 Å². The Balaban J connectivity index is 2.18. The van der Waals surface area contributed by atoms with E-state index in [4.69, 9.17) is 5.73 Å². The summed E-state index contributed by atoms with van der Waals surface area (Å²) >= 11 is 0. The largest absolute Gasteiger partial charge is 0.332 e. The number of hydrogen-bond donors (Lipinski definition) is 1. The summed E-state index contributed by atoms with van der Waals surface area (Å²) in [4.78, 5) is 4.64. The second-order valence-corrected chi connectivity index (χ2v) is 3.71. The molecule has 0 spiro atoms. The minimum absolute atomic E-state index is 0.766. The van der Waals surface area contributed by atoms with Crippen LogP contribution in [-0.4, -0.2) is 16.1 Å². The van der Waals surface area contributed by atoms with E-state index in [-0.39, 0.29) is 0 Å². The molecule has 13 heavy (non-hydrogen) atoms. The van der Waals surface area contributed by atoms with Crippen LogP contribution in [-0.2, 0) is 19.4 Å². The van der Waals surface area contributed by atoms with Gasteiger partial charge < -0.3 is 10.3 Å². The van der Waals surface area contributed by atoms with E-state index in [1.165, 1.54) is 23.6 Å². The van der Waals surface area contributed by atoms with Crippen LogP contribution in [0.3, 0.4) is 0 Å². The first kappa shape index (κ1) is 8.75. The van der Waals surface area contributed by atoms with Crippen molar-refractivity contribution < 1.29 is 0 Å². The van der Waals surface area contributed by atoms with Crippen LogP contribution in [0.5, 0.6) is 0 Å². The standard InChI is InChI=1S/C10H17N3/c1-8-9(4-2-6-11)12-10-5-3-7-13(8)10/h2-7,11H2,1H3. The first-order chi connectivity index (χ1) is 6.33. The van der Waals surface area contributed by atoms with E-state index in [0.717, 1.165) is 32.4 Å². The van der Waals surface area contributed by atoms with Crippen molar-refractivity contribution in [2.24, 2.45) is 5.73 Å². The zero-order chi connectivity index (χ0) is 9.26. The fourth-order valence-electron chi connectivity index (χ4n) is 2.04. The van der Waals surface area contributed by atoms with E-state index in [1.54, 1.807) is 0 Å². The molecule has 0 radical (unpaired) electrons. The topological polar surface area (TPSA) is 43.8 Å². The number of aromatic nitrogens is 2. The van der Waals surface area contributed by atoms with Gasteiger partial charge in [0, 0.05) is 18.7 Å². The molecule has 0 unspecified atom stereocenters. The van der Waals surface area contributed by atoms with Crippen LogP contribution in [0.25, 0.3) is 0 Å². The van der Waals surface area contributed by atoms with Crippen molar-refractivity contribution in [3.05, 3.63) is 17.2 Å². The molecule has 1 aliphatic rings. The Hall–Kier alpha value is -0.830. The van der Waals surface area contributed by atoms with Gasteiger partial charge in [0.15, 0.2) is 0 Å². The predicted octanol–water partition coefficient (Wildman–Crippen LogP) is 1.03. The number of nitrogens with zero attached hydrogens (tertiary/aromatic N) is 2. The fraction of sp³-hybridized carbons (Fsp3) is 0.700. The van der Waals surface area contributed by atoms with E-state index in [9.17, 15) is 0 Å². The molecule has 0 bridgehead atoms. The summed E-state index contributed by atoms with van der Waals surface area (Å²) < 4.78 is 2.35. The van der Waals surface area contributed by atoms with E-state index in [0.29, 0.717) is 0 Å². The maximum Gasteiger partial charge on any atom is 0.109 e. The average molecular weight is 179 g/mol. The summed E-state index contributed by atoms with van der Waals surface area (Å²) in [6.07, 6.45) is 4.52. The number of nitrogens with two attached hydrogens (primary N) is 1. The van der Waals surface area contributed by atoms with Gasteiger partial charge in [-0.15, -0.1) is 0 Å². The highest BCUT2D eigenvalue weighted by molar-refractivity contribution is 5.18. The fourth-order valence-corrected chi connectivity index (χ4v) is 2.04. The molecule has 2 heterocycles. The van der Waals surface area contributed by atoms with Gasteiger partial charge in [-0.05, 0) is 32.7 Å². The van der Waals surface area contributed by atoms with E-state index in [1.807, 2.05) is 0 Å². The Morgan fingerprint density at radius 2 is 2.38 bits per heavy atom. The maximum atomic E-state index is 5.48. The van der Waals surface area contributed by atoms with Crippen molar-refractivity contribution in [3.8, 4) is 0 Å². The van der Waals surface area contributed by atoms with Crippen molar-refractivity contribution in [2.45, 2.75) is 39.2 Å². The number of imidazole rings is 1. The summed E-state index contributed by atoms with van der Waals surface area (Å²) in [6, 6.07) is 0. The molecular weight excluding hydrogens is 162 g/mol. The molecule has 0 aliphatic carbocycles.